The van der Waals surface area contributed by atoms with Crippen molar-refractivity contribution in [1.29, 1.82) is 5.26 Å². The van der Waals surface area contributed by atoms with Crippen molar-refractivity contribution in [2.45, 2.75) is 31.9 Å². The lowest BCUT2D eigenvalue weighted by molar-refractivity contribution is -0.140. The summed E-state index contributed by atoms with van der Waals surface area (Å²) in [5.74, 6) is -0.630. The maximum absolute atomic E-state index is 12.0. The van der Waals surface area contributed by atoms with Crippen LogP contribution >= 0.6 is 0 Å². The molecule has 6 nitrogen and oxygen atoms in total. The van der Waals surface area contributed by atoms with E-state index in [0.29, 0.717) is 6.42 Å². The maximum atomic E-state index is 12.0. The van der Waals surface area contributed by atoms with Gasteiger partial charge in [-0.2, -0.15) is 9.57 Å². The molecule has 0 aliphatic carbocycles. The molecule has 0 aliphatic rings. The van der Waals surface area contributed by atoms with Crippen LogP contribution in [0.2, 0.25) is 0 Å². The van der Waals surface area contributed by atoms with Crippen LogP contribution in [0.5, 0.6) is 0 Å². The Hall–Kier alpha value is -1.13. The Kier molecular flexibility index (Phi) is 6.76. The van der Waals surface area contributed by atoms with Gasteiger partial charge in [0.25, 0.3) is 0 Å². The molecule has 0 amide bonds. The minimum Gasteiger partial charge on any atom is -0.468 e. The third-order valence-electron chi connectivity index (χ3n) is 2.24. The molecule has 0 spiro atoms. The van der Waals surface area contributed by atoms with Gasteiger partial charge in [-0.15, -0.1) is 0 Å². The van der Waals surface area contributed by atoms with Crippen molar-refractivity contribution in [2.75, 3.05) is 20.2 Å². The zero-order valence-electron chi connectivity index (χ0n) is 10.3. The molecule has 0 aromatic heterocycles. The molecule has 0 saturated carbocycles. The Bertz CT molecular complexity index is 386. The minimum atomic E-state index is -3.76. The number of rotatable bonds is 7. The van der Waals surface area contributed by atoms with Gasteiger partial charge in [0.15, 0.2) is 5.25 Å². The van der Waals surface area contributed by atoms with E-state index in [2.05, 4.69) is 4.74 Å². The Morgan fingerprint density at radius 2 is 2.06 bits per heavy atom. The fourth-order valence-corrected chi connectivity index (χ4v) is 2.94. The first-order valence-corrected chi connectivity index (χ1v) is 6.89. The maximum Gasteiger partial charge on any atom is 0.321 e. The average molecular weight is 262 g/mol. The van der Waals surface area contributed by atoms with E-state index in [1.54, 1.807) is 19.9 Å². The first-order chi connectivity index (χ1) is 7.93. The second-order valence-electron chi connectivity index (χ2n) is 3.48. The summed E-state index contributed by atoms with van der Waals surface area (Å²) in [6, 6.07) is 1.74. The Labute approximate surface area is 102 Å². The number of hydrogen-bond donors (Lipinski definition) is 0. The number of ether oxygens (including phenoxy) is 1. The second kappa shape index (κ2) is 7.25. The summed E-state index contributed by atoms with van der Waals surface area (Å²) >= 11 is 0. The number of carbonyl (C=O) groups excluding carboxylic acids is 1. The molecule has 1 atom stereocenters. The van der Waals surface area contributed by atoms with E-state index >= 15 is 0 Å². The van der Waals surface area contributed by atoms with Crippen LogP contribution in [0.4, 0.5) is 0 Å². The fraction of sp³-hybridized carbons (Fsp3) is 0.800. The van der Waals surface area contributed by atoms with E-state index in [0.717, 1.165) is 4.31 Å². The van der Waals surface area contributed by atoms with Crippen molar-refractivity contribution < 1.29 is 17.9 Å². The fourth-order valence-electron chi connectivity index (χ4n) is 1.30. The van der Waals surface area contributed by atoms with Crippen molar-refractivity contribution in [1.82, 2.24) is 4.31 Å². The average Bonchev–Trinajstić information content (AvgIpc) is 2.29. The second-order valence-corrected chi connectivity index (χ2v) is 5.60. The van der Waals surface area contributed by atoms with E-state index in [1.165, 1.54) is 7.11 Å². The zero-order valence-corrected chi connectivity index (χ0v) is 11.2. The highest BCUT2D eigenvalue weighted by atomic mass is 32.2. The summed E-state index contributed by atoms with van der Waals surface area (Å²) < 4.78 is 29.5. The van der Waals surface area contributed by atoms with Crippen LogP contribution in [0.15, 0.2) is 0 Å². The molecule has 0 bridgehead atoms. The molecule has 0 rings (SSSR count). The highest BCUT2D eigenvalue weighted by Crippen LogP contribution is 2.12. The first-order valence-electron chi connectivity index (χ1n) is 5.39. The number of carbonyl (C=O) groups is 1. The molecule has 0 heterocycles. The van der Waals surface area contributed by atoms with Gasteiger partial charge in [-0.3, -0.25) is 4.79 Å². The third kappa shape index (κ3) is 4.32. The molecular formula is C10H18N2O4S. The van der Waals surface area contributed by atoms with Gasteiger partial charge in [-0.05, 0) is 12.8 Å². The number of sulfonamides is 1. The first kappa shape index (κ1) is 15.9. The number of esters is 1. The van der Waals surface area contributed by atoms with Crippen LogP contribution in [0.1, 0.15) is 26.7 Å². The van der Waals surface area contributed by atoms with Crippen molar-refractivity contribution >= 4 is 16.0 Å². The lowest BCUT2D eigenvalue weighted by atomic mass is 10.4. The number of nitriles is 1. The molecule has 0 N–H and O–H groups in total. The number of nitrogens with zero attached hydrogens (tertiary/aromatic N) is 2. The Morgan fingerprint density at radius 1 is 1.47 bits per heavy atom. The van der Waals surface area contributed by atoms with E-state index in [-0.39, 0.29) is 19.5 Å². The SMILES string of the molecule is CCCN(CC(=O)OC)S(=O)(=O)C(C#N)CC. The van der Waals surface area contributed by atoms with Gasteiger partial charge in [-0.1, -0.05) is 13.8 Å². The predicted octanol–water partition coefficient (Wildman–Crippen LogP) is 0.503. The molecule has 0 aromatic rings. The normalized spacial score (nSPS) is 13.1. The Morgan fingerprint density at radius 3 is 2.41 bits per heavy atom. The molecule has 0 saturated heterocycles. The molecular weight excluding hydrogens is 244 g/mol. The molecule has 0 aromatic carbocycles. The predicted molar refractivity (Wildman–Crippen MR) is 62.5 cm³/mol. The largest absolute Gasteiger partial charge is 0.468 e. The van der Waals surface area contributed by atoms with E-state index < -0.39 is 21.2 Å². The monoisotopic (exact) mass is 262 g/mol. The van der Waals surface area contributed by atoms with Crippen LogP contribution in [0.3, 0.4) is 0 Å². The molecule has 0 aliphatic heterocycles. The highest BCUT2D eigenvalue weighted by Gasteiger charge is 2.31. The van der Waals surface area contributed by atoms with Crippen LogP contribution in [-0.2, 0) is 19.6 Å². The van der Waals surface area contributed by atoms with Gasteiger partial charge in [0, 0.05) is 6.54 Å². The third-order valence-corrected chi connectivity index (χ3v) is 4.43. The number of hydrogen-bond acceptors (Lipinski definition) is 5. The standard InChI is InChI=1S/C10H18N2O4S/c1-4-6-12(8-10(13)16-3)17(14,15)9(5-2)7-11/h9H,4-6,8H2,1-3H3. The van der Waals surface area contributed by atoms with Gasteiger partial charge in [0.1, 0.15) is 6.54 Å². The van der Waals surface area contributed by atoms with E-state index in [9.17, 15) is 13.2 Å². The summed E-state index contributed by atoms with van der Waals surface area (Å²) in [6.45, 7) is 3.28. The summed E-state index contributed by atoms with van der Waals surface area (Å²) in [4.78, 5) is 11.1. The van der Waals surface area contributed by atoms with Crippen molar-refractivity contribution in [3.05, 3.63) is 0 Å². The molecule has 1 unspecified atom stereocenters. The summed E-state index contributed by atoms with van der Waals surface area (Å²) in [5, 5.41) is 7.69. The van der Waals surface area contributed by atoms with Gasteiger partial charge in [-0.25, -0.2) is 8.42 Å². The quantitative estimate of drug-likeness (QED) is 0.623. The van der Waals surface area contributed by atoms with Crippen LogP contribution in [-0.4, -0.2) is 44.1 Å². The molecule has 17 heavy (non-hydrogen) atoms. The molecule has 0 fully saturated rings. The van der Waals surface area contributed by atoms with Crippen molar-refractivity contribution in [2.24, 2.45) is 0 Å². The molecule has 0 radical (unpaired) electrons. The topological polar surface area (TPSA) is 87.5 Å². The summed E-state index contributed by atoms with van der Waals surface area (Å²) in [5.41, 5.74) is 0. The van der Waals surface area contributed by atoms with E-state index in [4.69, 9.17) is 5.26 Å². The van der Waals surface area contributed by atoms with Gasteiger partial charge >= 0.3 is 5.97 Å². The lowest BCUT2D eigenvalue weighted by Gasteiger charge is -2.22. The number of methoxy groups -OCH3 is 1. The summed E-state index contributed by atoms with van der Waals surface area (Å²) in [7, 11) is -2.56. The smallest absolute Gasteiger partial charge is 0.321 e. The van der Waals surface area contributed by atoms with Gasteiger partial charge in [0.05, 0.1) is 13.2 Å². The Balaban J connectivity index is 5.04. The molecule has 98 valence electrons. The lowest BCUT2D eigenvalue weighted by Crippen LogP contribution is -2.41. The van der Waals surface area contributed by atoms with E-state index in [1.807, 2.05) is 0 Å². The van der Waals surface area contributed by atoms with Gasteiger partial charge in [0.2, 0.25) is 10.0 Å². The summed E-state index contributed by atoms with van der Waals surface area (Å²) in [6.07, 6.45) is 0.762. The van der Waals surface area contributed by atoms with Crippen LogP contribution in [0, 0.1) is 11.3 Å². The van der Waals surface area contributed by atoms with Crippen molar-refractivity contribution in [3.8, 4) is 6.07 Å². The van der Waals surface area contributed by atoms with Crippen LogP contribution in [0.25, 0.3) is 0 Å². The molecule has 7 heteroatoms. The van der Waals surface area contributed by atoms with Crippen molar-refractivity contribution in [3.63, 3.8) is 0 Å². The minimum absolute atomic E-state index is 0.195. The highest BCUT2D eigenvalue weighted by molar-refractivity contribution is 7.90. The zero-order chi connectivity index (χ0) is 13.5. The van der Waals surface area contributed by atoms with Gasteiger partial charge < -0.3 is 4.74 Å². The van der Waals surface area contributed by atoms with Crippen LogP contribution < -0.4 is 0 Å².